The van der Waals surface area contributed by atoms with E-state index in [0.717, 1.165) is 0 Å². The average molecular weight is 268 g/mol. The summed E-state index contributed by atoms with van der Waals surface area (Å²) < 4.78 is 0. The van der Waals surface area contributed by atoms with Crippen LogP contribution in [-0.2, 0) is 6.42 Å². The highest BCUT2D eigenvalue weighted by atomic mass is 14.1. The van der Waals surface area contributed by atoms with Gasteiger partial charge in [-0.25, -0.2) is 0 Å². The van der Waals surface area contributed by atoms with Crippen molar-refractivity contribution < 1.29 is 0 Å². The van der Waals surface area contributed by atoms with E-state index in [1.165, 1.54) is 74.5 Å². The van der Waals surface area contributed by atoms with Crippen LogP contribution in [0.3, 0.4) is 0 Å². The molecule has 0 bridgehead atoms. The number of fused-ring (bicyclic) bond motifs is 1. The summed E-state index contributed by atoms with van der Waals surface area (Å²) >= 11 is 0. The van der Waals surface area contributed by atoms with Crippen LogP contribution in [0.25, 0.3) is 11.1 Å². The molecule has 0 heteroatoms. The van der Waals surface area contributed by atoms with Gasteiger partial charge in [0.2, 0.25) is 0 Å². The van der Waals surface area contributed by atoms with E-state index in [0.29, 0.717) is 0 Å². The van der Waals surface area contributed by atoms with Crippen LogP contribution in [0.15, 0.2) is 42.5 Å². The van der Waals surface area contributed by atoms with Crippen LogP contribution in [0.2, 0.25) is 0 Å². The fourth-order valence-electron chi connectivity index (χ4n) is 2.95. The van der Waals surface area contributed by atoms with Gasteiger partial charge in [-0.1, -0.05) is 94.3 Å². The lowest BCUT2D eigenvalue weighted by Gasteiger charge is -2.03. The lowest BCUT2D eigenvalue weighted by molar-refractivity contribution is 0.576. The lowest BCUT2D eigenvalue weighted by atomic mass is 10.0. The van der Waals surface area contributed by atoms with Crippen LogP contribution in [0.1, 0.15) is 63.9 Å². The van der Waals surface area contributed by atoms with E-state index in [1.54, 1.807) is 0 Å². The Hall–Kier alpha value is -1.30. The molecule has 2 aliphatic carbocycles. The molecule has 0 fully saturated rings. The van der Waals surface area contributed by atoms with Gasteiger partial charge in [0.15, 0.2) is 0 Å². The first kappa shape index (κ1) is 15.1. The summed E-state index contributed by atoms with van der Waals surface area (Å²) in [5.74, 6) is 0. The van der Waals surface area contributed by atoms with Crippen molar-refractivity contribution in [1.29, 1.82) is 0 Å². The van der Waals surface area contributed by atoms with Gasteiger partial charge in [0.25, 0.3) is 0 Å². The molecule has 0 aliphatic heterocycles. The molecular formula is C20H28. The Bertz CT molecular complexity index is 458. The highest BCUT2D eigenvalue weighted by Gasteiger charge is 2.06. The minimum absolute atomic E-state index is 1.24. The molecule has 0 atom stereocenters. The lowest BCUT2D eigenvalue weighted by Crippen LogP contribution is -1.86. The van der Waals surface area contributed by atoms with Gasteiger partial charge in [0.1, 0.15) is 0 Å². The zero-order valence-corrected chi connectivity index (χ0v) is 12.9. The molecule has 2 aliphatic rings. The first-order chi connectivity index (χ1) is 9.92. The predicted octanol–water partition coefficient (Wildman–Crippen LogP) is 6.47. The first-order valence-electron chi connectivity index (χ1n) is 8.38. The zero-order valence-electron chi connectivity index (χ0n) is 12.9. The van der Waals surface area contributed by atoms with E-state index in [-0.39, 0.29) is 0 Å². The van der Waals surface area contributed by atoms with Crippen molar-refractivity contribution >= 4 is 0 Å². The van der Waals surface area contributed by atoms with Crippen molar-refractivity contribution in [3.8, 4) is 11.1 Å². The number of hydrogen-bond donors (Lipinski definition) is 0. The van der Waals surface area contributed by atoms with Crippen molar-refractivity contribution in [3.63, 3.8) is 0 Å². The molecule has 0 N–H and O–H groups in total. The fourth-order valence-corrected chi connectivity index (χ4v) is 2.95. The molecule has 0 radical (unpaired) electrons. The maximum atomic E-state index is 2.31. The molecule has 0 unspecified atom stereocenters. The molecule has 0 amide bonds. The highest BCUT2D eigenvalue weighted by Crippen LogP contribution is 2.28. The van der Waals surface area contributed by atoms with Gasteiger partial charge < -0.3 is 0 Å². The maximum Gasteiger partial charge on any atom is -0.0152 e. The third-order valence-electron chi connectivity index (χ3n) is 4.18. The Balaban J connectivity index is 1.67. The summed E-state index contributed by atoms with van der Waals surface area (Å²) in [6.45, 7) is 2.28. The van der Waals surface area contributed by atoms with Gasteiger partial charge in [-0.15, -0.1) is 0 Å². The normalized spacial score (nSPS) is 11.1. The molecule has 0 nitrogen and oxygen atoms in total. The number of rotatable bonds is 9. The molecule has 20 heavy (non-hydrogen) atoms. The minimum atomic E-state index is 1.24. The van der Waals surface area contributed by atoms with Crippen LogP contribution in [-0.4, -0.2) is 0 Å². The largest absolute Gasteiger partial charge is 0.0654 e. The molecule has 0 spiro atoms. The van der Waals surface area contributed by atoms with E-state index in [4.69, 9.17) is 0 Å². The predicted molar refractivity (Wildman–Crippen MR) is 89.4 cm³/mol. The monoisotopic (exact) mass is 268 g/mol. The van der Waals surface area contributed by atoms with Crippen molar-refractivity contribution in [2.45, 2.75) is 64.7 Å². The van der Waals surface area contributed by atoms with Crippen LogP contribution < -0.4 is 0 Å². The fraction of sp³-hybridized carbons (Fsp3) is 0.500. The van der Waals surface area contributed by atoms with Gasteiger partial charge in [-0.3, -0.25) is 0 Å². The molecule has 2 rings (SSSR count). The number of hydrogen-bond acceptors (Lipinski definition) is 0. The Morgan fingerprint density at radius 2 is 1.35 bits per heavy atom. The number of unbranched alkanes of at least 4 members (excludes halogenated alkanes) is 7. The summed E-state index contributed by atoms with van der Waals surface area (Å²) in [5, 5.41) is 0. The smallest absolute Gasteiger partial charge is 0.0152 e. The SMILES string of the molecule is CCCCCCCCCCc1ccc2cccccc1-2. The van der Waals surface area contributed by atoms with Crippen molar-refractivity contribution in [2.24, 2.45) is 0 Å². The molecule has 0 aromatic heterocycles. The summed E-state index contributed by atoms with van der Waals surface area (Å²) in [4.78, 5) is 0. The Labute approximate surface area is 124 Å². The quantitative estimate of drug-likeness (QED) is 0.457. The molecule has 0 saturated carbocycles. The average Bonchev–Trinajstić information content (AvgIpc) is 2.70. The Morgan fingerprint density at radius 1 is 0.650 bits per heavy atom. The van der Waals surface area contributed by atoms with E-state index >= 15 is 0 Å². The Morgan fingerprint density at radius 3 is 2.15 bits per heavy atom. The maximum absolute atomic E-state index is 2.31. The summed E-state index contributed by atoms with van der Waals surface area (Å²) in [5.41, 5.74) is 4.35. The topological polar surface area (TPSA) is 0 Å². The summed E-state index contributed by atoms with van der Waals surface area (Å²) in [6.07, 6.45) is 12.4. The molecule has 108 valence electrons. The zero-order chi connectivity index (χ0) is 14.0. The molecule has 0 saturated heterocycles. The van der Waals surface area contributed by atoms with Crippen molar-refractivity contribution in [3.05, 3.63) is 48.0 Å². The molecule has 0 heterocycles. The van der Waals surface area contributed by atoms with E-state index in [2.05, 4.69) is 49.4 Å². The highest BCUT2D eigenvalue weighted by molar-refractivity contribution is 5.70. The van der Waals surface area contributed by atoms with Crippen molar-refractivity contribution in [1.82, 2.24) is 0 Å². The van der Waals surface area contributed by atoms with Gasteiger partial charge in [-0.2, -0.15) is 0 Å². The van der Waals surface area contributed by atoms with Gasteiger partial charge in [-0.05, 0) is 29.5 Å². The minimum Gasteiger partial charge on any atom is -0.0654 e. The van der Waals surface area contributed by atoms with Gasteiger partial charge in [0, 0.05) is 0 Å². The van der Waals surface area contributed by atoms with Crippen LogP contribution in [0, 0.1) is 0 Å². The Kier molecular flexibility index (Phi) is 6.63. The standard InChI is InChI=1S/C20H28/c1-2-3-4-5-6-7-8-10-13-18-16-17-19-14-11-9-12-15-20(18)19/h9,11-12,14-17H,2-8,10,13H2,1H3. The third-order valence-corrected chi connectivity index (χ3v) is 4.18. The van der Waals surface area contributed by atoms with Gasteiger partial charge in [0.05, 0.1) is 0 Å². The van der Waals surface area contributed by atoms with Crippen LogP contribution in [0.5, 0.6) is 0 Å². The second-order valence-electron chi connectivity index (χ2n) is 5.86. The van der Waals surface area contributed by atoms with E-state index < -0.39 is 0 Å². The summed E-state index contributed by atoms with van der Waals surface area (Å²) in [7, 11) is 0. The second-order valence-corrected chi connectivity index (χ2v) is 5.86. The summed E-state index contributed by atoms with van der Waals surface area (Å²) in [6, 6.07) is 15.4. The van der Waals surface area contributed by atoms with E-state index in [1.807, 2.05) is 0 Å². The first-order valence-corrected chi connectivity index (χ1v) is 8.38. The number of aryl methyl sites for hydroxylation is 1. The van der Waals surface area contributed by atoms with E-state index in [9.17, 15) is 0 Å². The molecule has 0 aromatic rings. The molecular weight excluding hydrogens is 240 g/mol. The van der Waals surface area contributed by atoms with Gasteiger partial charge >= 0.3 is 0 Å². The second kappa shape index (κ2) is 8.79. The molecule has 0 aromatic carbocycles. The van der Waals surface area contributed by atoms with Crippen molar-refractivity contribution in [2.75, 3.05) is 0 Å². The van der Waals surface area contributed by atoms with Crippen LogP contribution in [0.4, 0.5) is 0 Å². The van der Waals surface area contributed by atoms with Crippen LogP contribution >= 0.6 is 0 Å². The third kappa shape index (κ3) is 4.67.